The molecule has 0 radical (unpaired) electrons. The van der Waals surface area contributed by atoms with Crippen molar-refractivity contribution in [2.45, 2.75) is 38.7 Å². The second kappa shape index (κ2) is 5.49. The first-order valence-corrected chi connectivity index (χ1v) is 6.72. The second-order valence-corrected chi connectivity index (χ2v) is 5.79. The fraction of sp³-hybridized carbons (Fsp3) is 0.600. The molecule has 0 bridgehead atoms. The first kappa shape index (κ1) is 14.3. The minimum atomic E-state index is -0.530. The smallest absolute Gasteiger partial charge is 0.205 e. The van der Waals surface area contributed by atoms with E-state index >= 15 is 0 Å². The Morgan fingerprint density at radius 2 is 2.11 bits per heavy atom. The van der Waals surface area contributed by atoms with Crippen LogP contribution in [-0.2, 0) is 17.8 Å². The van der Waals surface area contributed by atoms with E-state index in [2.05, 4.69) is 31.1 Å². The molecule has 1 aromatic carbocycles. The second-order valence-electron chi connectivity index (χ2n) is 5.79. The highest BCUT2D eigenvalue weighted by Gasteiger charge is 2.27. The fourth-order valence-corrected chi connectivity index (χ4v) is 2.27. The summed E-state index contributed by atoms with van der Waals surface area (Å²) >= 11 is 0. The summed E-state index contributed by atoms with van der Waals surface area (Å²) in [6.45, 7) is 5.12. The predicted molar refractivity (Wildman–Crippen MR) is 76.2 cm³/mol. The van der Waals surface area contributed by atoms with E-state index in [1.807, 2.05) is 19.9 Å². The number of nitrogens with zero attached hydrogens (tertiary/aromatic N) is 1. The molecule has 0 aromatic heterocycles. The molecule has 0 spiro atoms. The predicted octanol–water partition coefficient (Wildman–Crippen LogP) is 1.76. The Labute approximate surface area is 115 Å². The van der Waals surface area contributed by atoms with Crippen LogP contribution in [0.1, 0.15) is 25.0 Å². The minimum absolute atomic E-state index is 0.361. The third-order valence-electron chi connectivity index (χ3n) is 3.53. The van der Waals surface area contributed by atoms with Crippen molar-refractivity contribution >= 4 is 0 Å². The fourth-order valence-electron chi connectivity index (χ4n) is 2.27. The van der Waals surface area contributed by atoms with Crippen LogP contribution in [0.5, 0.6) is 5.75 Å². The number of fused-ring (bicyclic) bond motifs is 1. The zero-order valence-electron chi connectivity index (χ0n) is 12.3. The van der Waals surface area contributed by atoms with Crippen LogP contribution in [0.3, 0.4) is 0 Å². The van der Waals surface area contributed by atoms with Crippen molar-refractivity contribution in [3.05, 3.63) is 29.3 Å². The van der Waals surface area contributed by atoms with Gasteiger partial charge in [-0.3, -0.25) is 0 Å². The number of hydrogen-bond donors (Lipinski definition) is 1. The summed E-state index contributed by atoms with van der Waals surface area (Å²) in [7, 11) is 4.12. The van der Waals surface area contributed by atoms with Gasteiger partial charge in [-0.05, 0) is 38.2 Å². The largest absolute Gasteiger partial charge is 0.463 e. The van der Waals surface area contributed by atoms with E-state index in [-0.39, 0.29) is 0 Å². The van der Waals surface area contributed by atoms with Crippen LogP contribution in [0, 0.1) is 0 Å². The Hall–Kier alpha value is -1.10. The van der Waals surface area contributed by atoms with Gasteiger partial charge in [-0.25, -0.2) is 0 Å². The molecule has 1 heterocycles. The molecule has 0 saturated heterocycles. The number of hydrogen-bond acceptors (Lipinski definition) is 4. The van der Waals surface area contributed by atoms with Gasteiger partial charge in [0, 0.05) is 32.0 Å². The Kier molecular flexibility index (Phi) is 4.13. The van der Waals surface area contributed by atoms with Gasteiger partial charge in [0.05, 0.1) is 6.61 Å². The van der Waals surface area contributed by atoms with Crippen LogP contribution in [0.2, 0.25) is 0 Å². The summed E-state index contributed by atoms with van der Waals surface area (Å²) in [5, 5.41) is 0. The summed E-state index contributed by atoms with van der Waals surface area (Å²) in [4.78, 5) is 2.16. The first-order chi connectivity index (χ1) is 8.91. The molecule has 0 aliphatic carbocycles. The van der Waals surface area contributed by atoms with Crippen molar-refractivity contribution in [1.82, 2.24) is 4.90 Å². The van der Waals surface area contributed by atoms with E-state index < -0.39 is 5.79 Å². The van der Waals surface area contributed by atoms with Crippen molar-refractivity contribution < 1.29 is 9.47 Å². The van der Waals surface area contributed by atoms with E-state index in [0.29, 0.717) is 19.2 Å². The van der Waals surface area contributed by atoms with E-state index in [9.17, 15) is 0 Å². The third-order valence-corrected chi connectivity index (χ3v) is 3.53. The molecular weight excluding hydrogens is 240 g/mol. The number of rotatable bonds is 4. The zero-order valence-corrected chi connectivity index (χ0v) is 12.3. The monoisotopic (exact) mass is 264 g/mol. The number of nitrogens with two attached hydrogens (primary N) is 1. The Morgan fingerprint density at radius 3 is 2.74 bits per heavy atom. The Bertz CT molecular complexity index is 444. The summed E-state index contributed by atoms with van der Waals surface area (Å²) in [5.41, 5.74) is 8.19. The Morgan fingerprint density at radius 1 is 1.37 bits per heavy atom. The average molecular weight is 264 g/mol. The van der Waals surface area contributed by atoms with Gasteiger partial charge in [0.25, 0.3) is 0 Å². The number of benzene rings is 1. The Balaban J connectivity index is 2.14. The quantitative estimate of drug-likeness (QED) is 0.900. The van der Waals surface area contributed by atoms with Crippen molar-refractivity contribution in [3.8, 4) is 5.75 Å². The van der Waals surface area contributed by atoms with Crippen molar-refractivity contribution in [2.24, 2.45) is 5.73 Å². The zero-order chi connectivity index (χ0) is 14.0. The van der Waals surface area contributed by atoms with Gasteiger partial charge in [-0.15, -0.1) is 0 Å². The lowest BCUT2D eigenvalue weighted by Gasteiger charge is -2.33. The summed E-state index contributed by atoms with van der Waals surface area (Å²) in [6, 6.07) is 6.68. The van der Waals surface area contributed by atoms with Crippen LogP contribution in [0.4, 0.5) is 0 Å². The molecule has 4 heteroatoms. The van der Waals surface area contributed by atoms with Crippen LogP contribution >= 0.6 is 0 Å². The van der Waals surface area contributed by atoms with E-state index in [1.54, 1.807) is 0 Å². The molecule has 2 rings (SSSR count). The highest BCUT2D eigenvalue weighted by Crippen LogP contribution is 2.31. The molecule has 0 unspecified atom stereocenters. The average Bonchev–Trinajstić information content (AvgIpc) is 2.34. The molecule has 1 aromatic rings. The van der Waals surface area contributed by atoms with E-state index in [1.165, 1.54) is 5.56 Å². The third kappa shape index (κ3) is 3.47. The van der Waals surface area contributed by atoms with E-state index in [4.69, 9.17) is 15.2 Å². The van der Waals surface area contributed by atoms with Crippen LogP contribution in [0.15, 0.2) is 18.2 Å². The van der Waals surface area contributed by atoms with Crippen LogP contribution in [0.25, 0.3) is 0 Å². The normalized spacial score (nSPS) is 18.8. The molecule has 1 aliphatic heterocycles. The van der Waals surface area contributed by atoms with Gasteiger partial charge in [0.15, 0.2) is 0 Å². The maximum absolute atomic E-state index is 5.80. The molecule has 1 aliphatic rings. The first-order valence-electron chi connectivity index (χ1n) is 6.72. The standard InChI is InChI=1S/C15H24N2O2/c1-15(2)18-10-12-7-11(5-6-14(12)19-15)8-13(9-16)17(3)4/h5-7,13H,8-10,16H2,1-4H3/t13-/m0/s1. The van der Waals surface area contributed by atoms with Crippen LogP contribution < -0.4 is 10.5 Å². The van der Waals surface area contributed by atoms with E-state index in [0.717, 1.165) is 17.7 Å². The number of likely N-dealkylation sites (N-methyl/N-ethyl adjacent to an activating group) is 1. The summed E-state index contributed by atoms with van der Waals surface area (Å²) in [5.74, 6) is 0.395. The molecule has 4 nitrogen and oxygen atoms in total. The minimum Gasteiger partial charge on any atom is -0.463 e. The maximum atomic E-state index is 5.80. The van der Waals surface area contributed by atoms with Gasteiger partial charge < -0.3 is 20.1 Å². The molecule has 2 N–H and O–H groups in total. The molecular formula is C15H24N2O2. The molecule has 0 fully saturated rings. The highest BCUT2D eigenvalue weighted by molar-refractivity contribution is 5.38. The van der Waals surface area contributed by atoms with Crippen molar-refractivity contribution in [3.63, 3.8) is 0 Å². The topological polar surface area (TPSA) is 47.7 Å². The van der Waals surface area contributed by atoms with Gasteiger partial charge >= 0.3 is 0 Å². The molecule has 1 atom stereocenters. The van der Waals surface area contributed by atoms with Crippen LogP contribution in [-0.4, -0.2) is 37.4 Å². The summed E-state index contributed by atoms with van der Waals surface area (Å²) < 4.78 is 11.5. The maximum Gasteiger partial charge on any atom is 0.205 e. The van der Waals surface area contributed by atoms with Crippen molar-refractivity contribution in [1.29, 1.82) is 0 Å². The van der Waals surface area contributed by atoms with Gasteiger partial charge in [-0.2, -0.15) is 0 Å². The highest BCUT2D eigenvalue weighted by atomic mass is 16.7. The lowest BCUT2D eigenvalue weighted by atomic mass is 10.0. The SMILES string of the molecule is CN(C)[C@H](CN)Cc1ccc2c(c1)COC(C)(C)O2. The van der Waals surface area contributed by atoms with Gasteiger partial charge in [0.2, 0.25) is 5.79 Å². The van der Waals surface area contributed by atoms with Crippen molar-refractivity contribution in [2.75, 3.05) is 20.6 Å². The number of ether oxygens (including phenoxy) is 2. The van der Waals surface area contributed by atoms with Gasteiger partial charge in [0.1, 0.15) is 5.75 Å². The lowest BCUT2D eigenvalue weighted by molar-refractivity contribution is -0.180. The summed E-state index contributed by atoms with van der Waals surface area (Å²) in [6.07, 6.45) is 0.945. The molecule has 0 amide bonds. The lowest BCUT2D eigenvalue weighted by Crippen LogP contribution is -2.37. The van der Waals surface area contributed by atoms with Gasteiger partial charge in [-0.1, -0.05) is 6.07 Å². The molecule has 0 saturated carbocycles. The molecule has 106 valence electrons. The molecule has 19 heavy (non-hydrogen) atoms.